The molecular weight excluding hydrogens is 533 g/mol. The van der Waals surface area contributed by atoms with Crippen molar-refractivity contribution in [2.24, 2.45) is 11.7 Å². The van der Waals surface area contributed by atoms with Gasteiger partial charge in [-0.1, -0.05) is 6.07 Å². The second-order valence-corrected chi connectivity index (χ2v) is 11.0. The van der Waals surface area contributed by atoms with Gasteiger partial charge in [0.2, 0.25) is 0 Å². The molecule has 3 aromatic rings. The van der Waals surface area contributed by atoms with E-state index < -0.39 is 17.3 Å². The summed E-state index contributed by atoms with van der Waals surface area (Å²) in [4.78, 5) is 19.8. The van der Waals surface area contributed by atoms with Gasteiger partial charge < -0.3 is 20.5 Å². The molecule has 0 spiro atoms. The zero-order valence-corrected chi connectivity index (χ0v) is 23.2. The van der Waals surface area contributed by atoms with Crippen LogP contribution < -0.4 is 11.1 Å². The van der Waals surface area contributed by atoms with Crippen molar-refractivity contribution in [3.05, 3.63) is 76.7 Å². The molecule has 1 saturated carbocycles. The molecule has 2 aliphatic rings. The quantitative estimate of drug-likeness (QED) is 0.355. The van der Waals surface area contributed by atoms with Crippen molar-refractivity contribution >= 4 is 12.0 Å². The van der Waals surface area contributed by atoms with E-state index >= 15 is 13.2 Å². The fourth-order valence-electron chi connectivity index (χ4n) is 6.51. The van der Waals surface area contributed by atoms with Gasteiger partial charge in [0, 0.05) is 58.0 Å². The van der Waals surface area contributed by atoms with E-state index in [1.165, 1.54) is 6.07 Å². The van der Waals surface area contributed by atoms with Crippen LogP contribution >= 0.6 is 0 Å². The summed E-state index contributed by atoms with van der Waals surface area (Å²) in [5.41, 5.74) is 6.98. The predicted molar refractivity (Wildman–Crippen MR) is 150 cm³/mol. The van der Waals surface area contributed by atoms with Crippen LogP contribution in [0.4, 0.5) is 18.9 Å². The molecule has 41 heavy (non-hydrogen) atoms. The van der Waals surface area contributed by atoms with Gasteiger partial charge in [-0.05, 0) is 72.1 Å². The Hall–Kier alpha value is -3.34. The summed E-state index contributed by atoms with van der Waals surface area (Å²) in [6.07, 6.45) is 5.34. The molecule has 10 heteroatoms. The number of carbonyl (C=O) groups is 1. The summed E-state index contributed by atoms with van der Waals surface area (Å²) in [5, 5.41) is 3.19. The van der Waals surface area contributed by atoms with E-state index in [0.29, 0.717) is 24.7 Å². The van der Waals surface area contributed by atoms with E-state index in [4.69, 9.17) is 15.2 Å². The largest absolute Gasteiger partial charge is 0.387 e. The van der Waals surface area contributed by atoms with E-state index in [0.717, 1.165) is 23.4 Å². The Balaban J connectivity index is 1.61. The number of carbonyl (C=O) groups excluding carboxylic acids is 1. The normalized spacial score (nSPS) is 24.1. The SMILES string of the molecule is CNc1cnccc1C1C[C@H](Cc2cc(C3(F)CCOCC3)cc(F)c2-c2nc(C=O)ccc2F)C(OC)[C@H](N)C1. The Morgan fingerprint density at radius 2 is 1.95 bits per heavy atom. The highest BCUT2D eigenvalue weighted by Crippen LogP contribution is 2.44. The van der Waals surface area contributed by atoms with E-state index in [9.17, 15) is 4.79 Å². The molecule has 2 aromatic heterocycles. The molecule has 1 saturated heterocycles. The van der Waals surface area contributed by atoms with Gasteiger partial charge in [0.1, 0.15) is 28.7 Å². The fraction of sp³-hybridized carbons (Fsp3) is 0.452. The smallest absolute Gasteiger partial charge is 0.168 e. The van der Waals surface area contributed by atoms with Crippen LogP contribution in [0.15, 0.2) is 42.7 Å². The Kier molecular flexibility index (Phi) is 8.72. The topological polar surface area (TPSA) is 99.4 Å². The number of anilines is 1. The molecule has 4 atom stereocenters. The first-order valence-electron chi connectivity index (χ1n) is 13.9. The molecule has 218 valence electrons. The molecule has 0 radical (unpaired) electrons. The number of aldehydes is 1. The molecule has 3 N–H and O–H groups in total. The van der Waals surface area contributed by atoms with Crippen LogP contribution in [0.25, 0.3) is 11.3 Å². The van der Waals surface area contributed by atoms with E-state index in [1.54, 1.807) is 25.6 Å². The third-order valence-electron chi connectivity index (χ3n) is 8.55. The highest BCUT2D eigenvalue weighted by molar-refractivity contribution is 5.75. The summed E-state index contributed by atoms with van der Waals surface area (Å²) in [6, 6.07) is 6.70. The van der Waals surface area contributed by atoms with Crippen LogP contribution in [-0.2, 0) is 21.6 Å². The summed E-state index contributed by atoms with van der Waals surface area (Å²) < 4.78 is 58.5. The summed E-state index contributed by atoms with van der Waals surface area (Å²) in [7, 11) is 3.42. The molecule has 0 amide bonds. The van der Waals surface area contributed by atoms with E-state index in [1.807, 2.05) is 13.1 Å². The van der Waals surface area contributed by atoms with Crippen LogP contribution in [0.3, 0.4) is 0 Å². The molecule has 0 bridgehead atoms. The second-order valence-electron chi connectivity index (χ2n) is 11.0. The van der Waals surface area contributed by atoms with Crippen LogP contribution in [0.1, 0.15) is 58.8 Å². The van der Waals surface area contributed by atoms with Crippen LogP contribution in [0.2, 0.25) is 0 Å². The molecule has 7 nitrogen and oxygen atoms in total. The number of aromatic nitrogens is 2. The number of ether oxygens (including phenoxy) is 2. The van der Waals surface area contributed by atoms with Crippen molar-refractivity contribution in [1.29, 1.82) is 0 Å². The first-order valence-corrected chi connectivity index (χ1v) is 13.9. The van der Waals surface area contributed by atoms with Crippen molar-refractivity contribution in [3.8, 4) is 11.3 Å². The van der Waals surface area contributed by atoms with Gasteiger partial charge >= 0.3 is 0 Å². The summed E-state index contributed by atoms with van der Waals surface area (Å²) in [5.74, 6) is -1.73. The maximum Gasteiger partial charge on any atom is 0.168 e. The highest BCUT2D eigenvalue weighted by Gasteiger charge is 2.40. The first kappa shape index (κ1) is 29.2. The lowest BCUT2D eigenvalue weighted by Gasteiger charge is -2.40. The van der Waals surface area contributed by atoms with Gasteiger partial charge in [-0.2, -0.15) is 0 Å². The number of rotatable bonds is 8. The number of nitrogens with two attached hydrogens (primary N) is 1. The minimum absolute atomic E-state index is 0.0333. The number of nitrogens with zero attached hydrogens (tertiary/aromatic N) is 2. The van der Waals surface area contributed by atoms with Crippen LogP contribution in [0, 0.1) is 17.6 Å². The van der Waals surface area contributed by atoms with Crippen LogP contribution in [-0.4, -0.2) is 55.8 Å². The molecule has 2 unspecified atom stereocenters. The lowest BCUT2D eigenvalue weighted by atomic mass is 9.71. The number of alkyl halides is 1. The van der Waals surface area contributed by atoms with Crippen molar-refractivity contribution in [1.82, 2.24) is 9.97 Å². The maximum atomic E-state index is 16.1. The molecule has 1 aliphatic heterocycles. The fourth-order valence-corrected chi connectivity index (χ4v) is 6.51. The number of benzene rings is 1. The van der Waals surface area contributed by atoms with Gasteiger partial charge in [0.15, 0.2) is 6.29 Å². The number of hydrogen-bond donors (Lipinski definition) is 2. The average molecular weight is 569 g/mol. The number of nitrogens with one attached hydrogen (secondary N) is 1. The average Bonchev–Trinajstić information content (AvgIpc) is 2.98. The zero-order chi connectivity index (χ0) is 29.1. The maximum absolute atomic E-state index is 16.1. The molecule has 3 heterocycles. The minimum atomic E-state index is -1.78. The Morgan fingerprint density at radius 3 is 2.66 bits per heavy atom. The number of hydrogen-bond acceptors (Lipinski definition) is 7. The number of methoxy groups -OCH3 is 1. The summed E-state index contributed by atoms with van der Waals surface area (Å²) in [6.45, 7) is 0.439. The van der Waals surface area contributed by atoms with Gasteiger partial charge in [-0.15, -0.1) is 0 Å². The second kappa shape index (κ2) is 12.3. The zero-order valence-electron chi connectivity index (χ0n) is 23.2. The lowest BCUT2D eigenvalue weighted by molar-refractivity contribution is -0.0118. The first-order chi connectivity index (χ1) is 19.8. The molecule has 1 aromatic carbocycles. The van der Waals surface area contributed by atoms with E-state index in [-0.39, 0.29) is 79.0 Å². The van der Waals surface area contributed by atoms with Gasteiger partial charge in [-0.3, -0.25) is 9.78 Å². The number of halogens is 3. The van der Waals surface area contributed by atoms with Gasteiger partial charge in [0.25, 0.3) is 0 Å². The Bertz CT molecular complexity index is 1400. The minimum Gasteiger partial charge on any atom is -0.387 e. The van der Waals surface area contributed by atoms with Gasteiger partial charge in [0.05, 0.1) is 18.0 Å². The van der Waals surface area contributed by atoms with E-state index in [2.05, 4.69) is 15.3 Å². The van der Waals surface area contributed by atoms with Crippen molar-refractivity contribution in [2.45, 2.75) is 55.8 Å². The highest BCUT2D eigenvalue weighted by atomic mass is 19.1. The number of pyridine rings is 2. The third kappa shape index (κ3) is 5.86. The van der Waals surface area contributed by atoms with Crippen molar-refractivity contribution < 1.29 is 27.4 Å². The van der Waals surface area contributed by atoms with Crippen molar-refractivity contribution in [2.75, 3.05) is 32.7 Å². The Morgan fingerprint density at radius 1 is 1.17 bits per heavy atom. The van der Waals surface area contributed by atoms with Crippen molar-refractivity contribution in [3.63, 3.8) is 0 Å². The van der Waals surface area contributed by atoms with Crippen LogP contribution in [0.5, 0.6) is 0 Å². The summed E-state index contributed by atoms with van der Waals surface area (Å²) >= 11 is 0. The Labute approximate surface area is 237 Å². The monoisotopic (exact) mass is 568 g/mol. The molecule has 2 fully saturated rings. The lowest BCUT2D eigenvalue weighted by Crippen LogP contribution is -2.47. The molecular formula is C31H35F3N4O3. The predicted octanol–water partition coefficient (Wildman–Crippen LogP) is 5.33. The molecule has 1 aliphatic carbocycles. The third-order valence-corrected chi connectivity index (χ3v) is 8.55. The molecule has 5 rings (SSSR count). The standard InChI is InChI=1S/C31H35F3N4O3/c1-36-27-16-37-8-5-23(27)18-11-20(30(40-2)26(35)14-18)12-19-13-21(31(34)6-9-41-10-7-31)15-25(33)28(19)29-24(32)4-3-22(17-39)38-29/h3-5,8,13,15-18,20,26,30,36H,6-7,9-12,14,35H2,1-2H3/t18?,20-,26-,30?/m1/s1. The van der Waals surface area contributed by atoms with Gasteiger partial charge in [-0.25, -0.2) is 18.2 Å².